The molecule has 0 radical (unpaired) electrons. The van der Waals surface area contributed by atoms with Crippen molar-refractivity contribution in [1.82, 2.24) is 10.3 Å². The molecule has 0 aliphatic heterocycles. The zero-order chi connectivity index (χ0) is 13.2. The van der Waals surface area contributed by atoms with E-state index in [0.29, 0.717) is 0 Å². The van der Waals surface area contributed by atoms with Crippen LogP contribution in [0.5, 0.6) is 0 Å². The van der Waals surface area contributed by atoms with Crippen molar-refractivity contribution >= 4 is 11.3 Å². The molecular weight excluding hydrogens is 259 g/mol. The fourth-order valence-corrected chi connectivity index (χ4v) is 3.80. The largest absolute Gasteiger partial charge is 0.305 e. The predicted octanol–water partition coefficient (Wildman–Crippen LogP) is 3.47. The van der Waals surface area contributed by atoms with Gasteiger partial charge in [0.2, 0.25) is 0 Å². The van der Waals surface area contributed by atoms with Gasteiger partial charge in [-0.2, -0.15) is 0 Å². The number of rotatable bonds is 4. The fraction of sp³-hybridized carbons (Fsp3) is 0.400. The summed E-state index contributed by atoms with van der Waals surface area (Å²) in [4.78, 5) is 6.20. The summed E-state index contributed by atoms with van der Waals surface area (Å²) < 4.78 is 13.0. The number of aryl methyl sites for hydroxylation is 2. The van der Waals surface area contributed by atoms with Crippen LogP contribution >= 0.6 is 11.3 Å². The zero-order valence-electron chi connectivity index (χ0n) is 10.9. The number of hydrogen-bond donors (Lipinski definition) is 1. The molecular formula is C15H17FN2S. The van der Waals surface area contributed by atoms with Gasteiger partial charge in [0.05, 0.1) is 11.7 Å². The van der Waals surface area contributed by atoms with Gasteiger partial charge in [-0.05, 0) is 43.5 Å². The second-order valence-electron chi connectivity index (χ2n) is 4.82. The summed E-state index contributed by atoms with van der Waals surface area (Å²) >= 11 is 1.80. The SMILES string of the molecule is CCNC(c1ccc(F)cc1)c1nc2c(s1)CCC2. The lowest BCUT2D eigenvalue weighted by Crippen LogP contribution is -2.21. The van der Waals surface area contributed by atoms with Crippen LogP contribution in [-0.2, 0) is 12.8 Å². The molecule has 1 aromatic heterocycles. The molecule has 1 heterocycles. The highest BCUT2D eigenvalue weighted by atomic mass is 32.1. The summed E-state index contributed by atoms with van der Waals surface area (Å²) in [5.41, 5.74) is 2.35. The van der Waals surface area contributed by atoms with Crippen LogP contribution in [0.2, 0.25) is 0 Å². The quantitative estimate of drug-likeness (QED) is 0.925. The van der Waals surface area contributed by atoms with E-state index in [1.807, 2.05) is 12.1 Å². The molecule has 2 nitrogen and oxygen atoms in total. The van der Waals surface area contributed by atoms with Gasteiger partial charge in [-0.1, -0.05) is 19.1 Å². The van der Waals surface area contributed by atoms with E-state index in [2.05, 4.69) is 12.2 Å². The second kappa shape index (κ2) is 5.39. The fourth-order valence-electron chi connectivity index (χ4n) is 2.54. The van der Waals surface area contributed by atoms with Gasteiger partial charge in [0.1, 0.15) is 10.8 Å². The highest BCUT2D eigenvalue weighted by Crippen LogP contribution is 2.33. The molecule has 1 aliphatic carbocycles. The Morgan fingerprint density at radius 2 is 2.11 bits per heavy atom. The van der Waals surface area contributed by atoms with Crippen molar-refractivity contribution in [2.24, 2.45) is 0 Å². The number of halogens is 1. The van der Waals surface area contributed by atoms with Crippen molar-refractivity contribution < 1.29 is 4.39 Å². The molecule has 1 unspecified atom stereocenters. The van der Waals surface area contributed by atoms with Crippen molar-refractivity contribution in [2.75, 3.05) is 6.54 Å². The number of aromatic nitrogens is 1. The second-order valence-corrected chi connectivity index (χ2v) is 5.93. The Morgan fingerprint density at radius 1 is 1.32 bits per heavy atom. The van der Waals surface area contributed by atoms with Crippen LogP contribution in [0.15, 0.2) is 24.3 Å². The van der Waals surface area contributed by atoms with E-state index in [1.165, 1.54) is 29.1 Å². The first kappa shape index (κ1) is 12.8. The van der Waals surface area contributed by atoms with Crippen LogP contribution in [0.4, 0.5) is 4.39 Å². The Hall–Kier alpha value is -1.26. The van der Waals surface area contributed by atoms with Gasteiger partial charge in [-0.15, -0.1) is 11.3 Å². The first-order valence-corrected chi connectivity index (χ1v) is 7.57. The van der Waals surface area contributed by atoms with Crippen LogP contribution in [-0.4, -0.2) is 11.5 Å². The maximum atomic E-state index is 13.0. The van der Waals surface area contributed by atoms with Gasteiger partial charge in [-0.25, -0.2) is 9.37 Å². The smallest absolute Gasteiger partial charge is 0.123 e. The molecule has 1 aliphatic rings. The van der Waals surface area contributed by atoms with Crippen LogP contribution in [0.25, 0.3) is 0 Å². The molecule has 3 rings (SSSR count). The highest BCUT2D eigenvalue weighted by molar-refractivity contribution is 7.11. The summed E-state index contributed by atoms with van der Waals surface area (Å²) in [6.45, 7) is 2.95. The average Bonchev–Trinajstić information content (AvgIpc) is 2.98. The average molecular weight is 276 g/mol. The lowest BCUT2D eigenvalue weighted by atomic mass is 10.1. The van der Waals surface area contributed by atoms with Crippen molar-refractivity contribution in [3.05, 3.63) is 51.2 Å². The Kier molecular flexibility index (Phi) is 3.62. The Bertz CT molecular complexity index is 541. The summed E-state index contributed by atoms with van der Waals surface area (Å²) in [5, 5.41) is 4.56. The van der Waals surface area contributed by atoms with Crippen LogP contribution in [0.1, 0.15) is 40.5 Å². The van der Waals surface area contributed by atoms with Gasteiger partial charge >= 0.3 is 0 Å². The lowest BCUT2D eigenvalue weighted by Gasteiger charge is -2.16. The molecule has 2 aromatic rings. The Labute approximate surface area is 116 Å². The van der Waals surface area contributed by atoms with Crippen LogP contribution in [0, 0.1) is 5.82 Å². The minimum Gasteiger partial charge on any atom is -0.305 e. The molecule has 100 valence electrons. The van der Waals surface area contributed by atoms with Crippen LogP contribution < -0.4 is 5.32 Å². The normalized spacial score (nSPS) is 15.5. The molecule has 0 bridgehead atoms. The molecule has 0 fully saturated rings. The van der Waals surface area contributed by atoms with E-state index in [-0.39, 0.29) is 11.9 Å². The number of nitrogens with zero attached hydrogens (tertiary/aromatic N) is 1. The molecule has 19 heavy (non-hydrogen) atoms. The van der Waals surface area contributed by atoms with Gasteiger partial charge in [0.25, 0.3) is 0 Å². The lowest BCUT2D eigenvalue weighted by molar-refractivity contribution is 0.611. The maximum Gasteiger partial charge on any atom is 0.123 e. The van der Waals surface area contributed by atoms with Gasteiger partial charge in [0, 0.05) is 4.88 Å². The highest BCUT2D eigenvalue weighted by Gasteiger charge is 2.22. The maximum absolute atomic E-state index is 13.0. The third-order valence-corrected chi connectivity index (χ3v) is 4.69. The standard InChI is InChI=1S/C15H17FN2S/c1-2-17-14(10-6-8-11(16)9-7-10)15-18-12-4-3-5-13(12)19-15/h6-9,14,17H,2-5H2,1H3. The van der Waals surface area contributed by atoms with Gasteiger partial charge in [-0.3, -0.25) is 0 Å². The minimum atomic E-state index is -0.194. The Balaban J connectivity index is 1.93. The van der Waals surface area contributed by atoms with Crippen molar-refractivity contribution in [2.45, 2.75) is 32.2 Å². The zero-order valence-corrected chi connectivity index (χ0v) is 11.8. The summed E-state index contributed by atoms with van der Waals surface area (Å²) in [5.74, 6) is -0.194. The number of thiazole rings is 1. The Morgan fingerprint density at radius 3 is 2.79 bits per heavy atom. The topological polar surface area (TPSA) is 24.9 Å². The number of benzene rings is 1. The van der Waals surface area contributed by atoms with E-state index in [1.54, 1.807) is 11.3 Å². The van der Waals surface area contributed by atoms with Crippen molar-refractivity contribution in [1.29, 1.82) is 0 Å². The molecule has 0 spiro atoms. The van der Waals surface area contributed by atoms with Gasteiger partial charge < -0.3 is 5.32 Å². The van der Waals surface area contributed by atoms with Crippen molar-refractivity contribution in [3.8, 4) is 0 Å². The number of hydrogen-bond acceptors (Lipinski definition) is 3. The van der Waals surface area contributed by atoms with E-state index >= 15 is 0 Å². The minimum absolute atomic E-state index is 0.0844. The van der Waals surface area contributed by atoms with Crippen LogP contribution in [0.3, 0.4) is 0 Å². The molecule has 1 N–H and O–H groups in total. The third kappa shape index (κ3) is 2.55. The number of nitrogens with one attached hydrogen (secondary N) is 1. The molecule has 1 atom stereocenters. The predicted molar refractivity (Wildman–Crippen MR) is 76.1 cm³/mol. The van der Waals surface area contributed by atoms with E-state index in [0.717, 1.165) is 30.0 Å². The molecule has 0 amide bonds. The first-order valence-electron chi connectivity index (χ1n) is 6.75. The van der Waals surface area contributed by atoms with Gasteiger partial charge in [0.15, 0.2) is 0 Å². The molecule has 4 heteroatoms. The van der Waals surface area contributed by atoms with Crippen molar-refractivity contribution in [3.63, 3.8) is 0 Å². The molecule has 0 saturated heterocycles. The van der Waals surface area contributed by atoms with E-state index in [4.69, 9.17) is 4.98 Å². The van der Waals surface area contributed by atoms with E-state index in [9.17, 15) is 4.39 Å². The van der Waals surface area contributed by atoms with E-state index < -0.39 is 0 Å². The monoisotopic (exact) mass is 276 g/mol. The third-order valence-electron chi connectivity index (χ3n) is 3.47. The first-order chi connectivity index (χ1) is 9.28. The number of fused-ring (bicyclic) bond motifs is 1. The molecule has 0 saturated carbocycles. The summed E-state index contributed by atoms with van der Waals surface area (Å²) in [7, 11) is 0. The summed E-state index contributed by atoms with van der Waals surface area (Å²) in [6.07, 6.45) is 3.50. The summed E-state index contributed by atoms with van der Waals surface area (Å²) in [6, 6.07) is 6.80. The molecule has 1 aromatic carbocycles.